The van der Waals surface area contributed by atoms with E-state index in [-0.39, 0.29) is 22.2 Å². The summed E-state index contributed by atoms with van der Waals surface area (Å²) in [5, 5.41) is 5.77. The number of hydrogen-bond acceptors (Lipinski definition) is 3. The van der Waals surface area contributed by atoms with Crippen LogP contribution in [0, 0.1) is 0 Å². The van der Waals surface area contributed by atoms with Gasteiger partial charge >= 0.3 is 6.36 Å². The van der Waals surface area contributed by atoms with E-state index in [0.29, 0.717) is 5.69 Å². The average molecular weight is 367 g/mol. The summed E-state index contributed by atoms with van der Waals surface area (Å²) in [6.45, 7) is 1.69. The fourth-order valence-corrected chi connectivity index (χ4v) is 2.13. The molecule has 1 aromatic carbocycles. The maximum atomic E-state index is 12.2. The second-order valence-corrected chi connectivity index (χ2v) is 5.70. The molecule has 8 heteroatoms. The van der Waals surface area contributed by atoms with Crippen molar-refractivity contribution in [3.63, 3.8) is 0 Å². The van der Waals surface area contributed by atoms with Crippen molar-refractivity contribution >= 4 is 27.5 Å². The van der Waals surface area contributed by atoms with E-state index in [1.807, 2.05) is 0 Å². The number of halogens is 4. The molecule has 1 saturated carbocycles. The maximum absolute atomic E-state index is 12.2. The van der Waals surface area contributed by atoms with Crippen LogP contribution >= 0.6 is 15.9 Å². The Morgan fingerprint density at radius 3 is 2.62 bits per heavy atom. The Morgan fingerprint density at radius 2 is 2.10 bits per heavy atom. The van der Waals surface area contributed by atoms with Gasteiger partial charge in [0.1, 0.15) is 11.8 Å². The van der Waals surface area contributed by atoms with E-state index in [1.165, 1.54) is 18.2 Å². The first-order chi connectivity index (χ1) is 9.74. The normalized spacial score (nSPS) is 16.2. The van der Waals surface area contributed by atoms with Crippen molar-refractivity contribution in [2.24, 2.45) is 0 Å². The fraction of sp³-hybridized carbons (Fsp3) is 0.462. The molecule has 2 rings (SSSR count). The standard InChI is InChI=1S/C13H14BrF3N2O2/c1-7(12(20)19-8-2-3-8)18-9-4-5-11(10(14)6-9)21-13(15,16)17/h4-8,18H,2-3H2,1H3,(H,19,20). The van der Waals surface area contributed by atoms with E-state index < -0.39 is 12.4 Å². The smallest absolute Gasteiger partial charge is 0.405 e. The van der Waals surface area contributed by atoms with Crippen LogP contribution in [-0.4, -0.2) is 24.4 Å². The lowest BCUT2D eigenvalue weighted by atomic mass is 10.2. The number of rotatable bonds is 5. The van der Waals surface area contributed by atoms with E-state index in [1.54, 1.807) is 6.92 Å². The van der Waals surface area contributed by atoms with Crippen molar-refractivity contribution in [1.29, 1.82) is 0 Å². The highest BCUT2D eigenvalue weighted by molar-refractivity contribution is 9.10. The summed E-state index contributed by atoms with van der Waals surface area (Å²) in [6.07, 6.45) is -2.75. The fourth-order valence-electron chi connectivity index (χ4n) is 1.67. The molecule has 0 heterocycles. The van der Waals surface area contributed by atoms with Crippen molar-refractivity contribution in [2.75, 3.05) is 5.32 Å². The van der Waals surface area contributed by atoms with Crippen molar-refractivity contribution in [3.8, 4) is 5.75 Å². The molecule has 21 heavy (non-hydrogen) atoms. The van der Waals surface area contributed by atoms with Crippen molar-refractivity contribution < 1.29 is 22.7 Å². The molecular formula is C13H14BrF3N2O2. The van der Waals surface area contributed by atoms with Gasteiger partial charge in [0.2, 0.25) is 5.91 Å². The van der Waals surface area contributed by atoms with Crippen LogP contribution in [0.4, 0.5) is 18.9 Å². The SMILES string of the molecule is CC(Nc1ccc(OC(F)(F)F)c(Br)c1)C(=O)NC1CC1. The van der Waals surface area contributed by atoms with E-state index in [4.69, 9.17) is 0 Å². The van der Waals surface area contributed by atoms with Crippen molar-refractivity contribution in [2.45, 2.75) is 38.2 Å². The van der Waals surface area contributed by atoms with Crippen LogP contribution in [0.1, 0.15) is 19.8 Å². The third-order valence-electron chi connectivity index (χ3n) is 2.86. The van der Waals surface area contributed by atoms with Crippen LogP contribution in [0.15, 0.2) is 22.7 Å². The number of nitrogens with one attached hydrogen (secondary N) is 2. The molecule has 0 spiro atoms. The number of carbonyl (C=O) groups is 1. The lowest BCUT2D eigenvalue weighted by Gasteiger charge is -2.16. The Labute approximate surface area is 128 Å². The van der Waals surface area contributed by atoms with Gasteiger partial charge in [0, 0.05) is 11.7 Å². The summed E-state index contributed by atoms with van der Waals surface area (Å²) in [4.78, 5) is 11.8. The molecule has 1 fully saturated rings. The first kappa shape index (κ1) is 15.9. The molecule has 1 aromatic rings. The van der Waals surface area contributed by atoms with Gasteiger partial charge in [-0.05, 0) is 53.9 Å². The zero-order valence-corrected chi connectivity index (χ0v) is 12.7. The lowest BCUT2D eigenvalue weighted by molar-refractivity contribution is -0.274. The molecule has 1 amide bonds. The minimum absolute atomic E-state index is 0.135. The highest BCUT2D eigenvalue weighted by atomic mass is 79.9. The largest absolute Gasteiger partial charge is 0.573 e. The van der Waals surface area contributed by atoms with Crippen LogP contribution < -0.4 is 15.4 Å². The number of carbonyl (C=O) groups excluding carboxylic acids is 1. The third-order valence-corrected chi connectivity index (χ3v) is 3.48. The first-order valence-corrected chi connectivity index (χ1v) is 7.16. The summed E-state index contributed by atoms with van der Waals surface area (Å²) in [5.74, 6) is -0.465. The van der Waals surface area contributed by atoms with Crippen LogP contribution in [0.25, 0.3) is 0 Å². The van der Waals surface area contributed by atoms with Gasteiger partial charge in [-0.15, -0.1) is 13.2 Å². The number of hydrogen-bond donors (Lipinski definition) is 2. The van der Waals surface area contributed by atoms with Gasteiger partial charge in [0.15, 0.2) is 0 Å². The van der Waals surface area contributed by atoms with E-state index in [2.05, 4.69) is 31.3 Å². The lowest BCUT2D eigenvalue weighted by Crippen LogP contribution is -2.38. The molecular weight excluding hydrogens is 353 g/mol. The van der Waals surface area contributed by atoms with Gasteiger partial charge in [-0.25, -0.2) is 0 Å². The summed E-state index contributed by atoms with van der Waals surface area (Å²) in [6, 6.07) is 3.82. The Hall–Kier alpha value is -1.44. The van der Waals surface area contributed by atoms with Gasteiger partial charge in [-0.1, -0.05) is 0 Å². The Bertz CT molecular complexity index is 533. The molecule has 0 bridgehead atoms. The van der Waals surface area contributed by atoms with E-state index in [9.17, 15) is 18.0 Å². The molecule has 0 aliphatic heterocycles. The topological polar surface area (TPSA) is 50.4 Å². The second kappa shape index (κ2) is 6.13. The van der Waals surface area contributed by atoms with E-state index in [0.717, 1.165) is 12.8 Å². The van der Waals surface area contributed by atoms with E-state index >= 15 is 0 Å². The van der Waals surface area contributed by atoms with Crippen LogP contribution in [0.3, 0.4) is 0 Å². The molecule has 2 N–H and O–H groups in total. The van der Waals surface area contributed by atoms with Gasteiger partial charge in [0.25, 0.3) is 0 Å². The summed E-state index contributed by atoms with van der Waals surface area (Å²) in [5.41, 5.74) is 0.523. The predicted molar refractivity (Wildman–Crippen MR) is 75.1 cm³/mol. The molecule has 1 aliphatic rings. The highest BCUT2D eigenvalue weighted by Crippen LogP contribution is 2.32. The summed E-state index contributed by atoms with van der Waals surface area (Å²) in [7, 11) is 0. The molecule has 116 valence electrons. The molecule has 0 aromatic heterocycles. The first-order valence-electron chi connectivity index (χ1n) is 6.37. The quantitative estimate of drug-likeness (QED) is 0.839. The van der Waals surface area contributed by atoms with Gasteiger partial charge in [-0.3, -0.25) is 4.79 Å². The van der Waals surface area contributed by atoms with Crippen LogP contribution in [0.2, 0.25) is 0 Å². The Kier molecular flexibility index (Phi) is 4.65. The predicted octanol–water partition coefficient (Wildman–Crippen LogP) is 3.43. The number of benzene rings is 1. The third kappa shape index (κ3) is 5.11. The van der Waals surface area contributed by atoms with Crippen molar-refractivity contribution in [3.05, 3.63) is 22.7 Å². The average Bonchev–Trinajstić information content (AvgIpc) is 3.15. The molecule has 1 aliphatic carbocycles. The number of alkyl halides is 3. The molecule has 1 atom stereocenters. The number of anilines is 1. The van der Waals surface area contributed by atoms with Gasteiger partial charge in [0.05, 0.1) is 4.47 Å². The summed E-state index contributed by atoms with van der Waals surface area (Å²) >= 11 is 3.01. The van der Waals surface area contributed by atoms with Crippen LogP contribution in [0.5, 0.6) is 5.75 Å². The van der Waals surface area contributed by atoms with Crippen molar-refractivity contribution in [1.82, 2.24) is 5.32 Å². The molecule has 0 saturated heterocycles. The summed E-state index contributed by atoms with van der Waals surface area (Å²) < 4.78 is 40.5. The van der Waals surface area contributed by atoms with Gasteiger partial charge in [-0.2, -0.15) is 0 Å². The second-order valence-electron chi connectivity index (χ2n) is 4.84. The minimum atomic E-state index is -4.74. The number of amides is 1. The highest BCUT2D eigenvalue weighted by Gasteiger charge is 2.32. The zero-order valence-electron chi connectivity index (χ0n) is 11.1. The molecule has 0 radical (unpaired) electrons. The van der Waals surface area contributed by atoms with Crippen LogP contribution in [-0.2, 0) is 4.79 Å². The number of ether oxygens (including phenoxy) is 1. The zero-order chi connectivity index (χ0) is 15.6. The minimum Gasteiger partial charge on any atom is -0.405 e. The Balaban J connectivity index is 1.97. The molecule has 4 nitrogen and oxygen atoms in total. The van der Waals surface area contributed by atoms with Gasteiger partial charge < -0.3 is 15.4 Å². The monoisotopic (exact) mass is 366 g/mol. The Morgan fingerprint density at radius 1 is 1.43 bits per heavy atom. The molecule has 1 unspecified atom stereocenters. The maximum Gasteiger partial charge on any atom is 0.573 e.